The fraction of sp³-hybridized carbons (Fsp3) is 0.316. The zero-order valence-electron chi connectivity index (χ0n) is 14.6. The molecule has 0 aliphatic rings. The number of nitrogens with zero attached hydrogens (tertiary/aromatic N) is 1. The van der Waals surface area contributed by atoms with Gasteiger partial charge in [-0.3, -0.25) is 9.69 Å². The van der Waals surface area contributed by atoms with Crippen molar-refractivity contribution in [2.24, 2.45) is 0 Å². The van der Waals surface area contributed by atoms with Crippen molar-refractivity contribution < 1.29 is 22.7 Å². The van der Waals surface area contributed by atoms with E-state index >= 15 is 0 Å². The van der Waals surface area contributed by atoms with Crippen LogP contribution in [-0.2, 0) is 24.1 Å². The number of carbonyl (C=O) groups is 1. The Bertz CT molecular complexity index is 730. The van der Waals surface area contributed by atoms with E-state index in [-0.39, 0.29) is 24.6 Å². The van der Waals surface area contributed by atoms with Crippen LogP contribution in [0.3, 0.4) is 0 Å². The Morgan fingerprint density at radius 2 is 1.77 bits per heavy atom. The van der Waals surface area contributed by atoms with Gasteiger partial charge in [0.2, 0.25) is 5.91 Å². The van der Waals surface area contributed by atoms with Gasteiger partial charge in [0, 0.05) is 13.1 Å². The molecule has 0 atom stereocenters. The number of halogens is 3. The number of hydrogen-bond donors (Lipinski definition) is 1. The summed E-state index contributed by atoms with van der Waals surface area (Å²) in [6.07, 6.45) is -4.41. The summed E-state index contributed by atoms with van der Waals surface area (Å²) in [4.78, 5) is 13.6. The third kappa shape index (κ3) is 5.77. The predicted molar refractivity (Wildman–Crippen MR) is 92.6 cm³/mol. The fourth-order valence-electron chi connectivity index (χ4n) is 2.53. The largest absolute Gasteiger partial charge is 0.497 e. The van der Waals surface area contributed by atoms with Gasteiger partial charge in [-0.1, -0.05) is 30.3 Å². The maximum absolute atomic E-state index is 13.0. The van der Waals surface area contributed by atoms with Gasteiger partial charge in [0.05, 0.1) is 19.2 Å². The summed E-state index contributed by atoms with van der Waals surface area (Å²) in [6, 6.07) is 12.6. The summed E-state index contributed by atoms with van der Waals surface area (Å²) in [6.45, 7) is 0.379. The third-order valence-corrected chi connectivity index (χ3v) is 3.83. The van der Waals surface area contributed by atoms with Crippen LogP contribution in [-0.4, -0.2) is 31.5 Å². The first-order valence-electron chi connectivity index (χ1n) is 8.03. The van der Waals surface area contributed by atoms with Crippen molar-refractivity contribution in [3.8, 4) is 5.75 Å². The standard InChI is InChI=1S/C19H21F3N2O2/c1-24(12-15-5-3-4-6-17(15)19(20,21)22)13-18(25)23-11-14-7-9-16(26-2)10-8-14/h3-10H,11-13H2,1-2H3,(H,23,25). The number of likely N-dealkylation sites (N-methyl/N-ethyl adjacent to an activating group) is 1. The van der Waals surface area contributed by atoms with Gasteiger partial charge >= 0.3 is 6.18 Å². The number of hydrogen-bond acceptors (Lipinski definition) is 3. The van der Waals surface area contributed by atoms with Crippen molar-refractivity contribution in [3.05, 3.63) is 65.2 Å². The van der Waals surface area contributed by atoms with Gasteiger partial charge < -0.3 is 10.1 Å². The summed E-state index contributed by atoms with van der Waals surface area (Å²) in [5, 5.41) is 2.75. The molecular weight excluding hydrogens is 345 g/mol. The second-order valence-electron chi connectivity index (χ2n) is 5.95. The molecule has 0 saturated carbocycles. The van der Waals surface area contributed by atoms with Gasteiger partial charge in [0.15, 0.2) is 0 Å². The lowest BCUT2D eigenvalue weighted by Crippen LogP contribution is -2.34. The van der Waals surface area contributed by atoms with Crippen molar-refractivity contribution in [1.82, 2.24) is 10.2 Å². The number of benzene rings is 2. The Balaban J connectivity index is 1.87. The predicted octanol–water partition coefficient (Wildman–Crippen LogP) is 3.46. The Morgan fingerprint density at radius 3 is 2.38 bits per heavy atom. The number of amides is 1. The maximum Gasteiger partial charge on any atom is 0.416 e. The van der Waals surface area contributed by atoms with Crippen LogP contribution in [0.2, 0.25) is 0 Å². The molecule has 140 valence electrons. The molecule has 0 heterocycles. The summed E-state index contributed by atoms with van der Waals surface area (Å²) >= 11 is 0. The minimum Gasteiger partial charge on any atom is -0.497 e. The monoisotopic (exact) mass is 366 g/mol. The van der Waals surface area contributed by atoms with Gasteiger partial charge in [-0.15, -0.1) is 0 Å². The van der Waals surface area contributed by atoms with E-state index in [0.29, 0.717) is 6.54 Å². The zero-order valence-corrected chi connectivity index (χ0v) is 14.6. The van der Waals surface area contributed by atoms with Crippen LogP contribution in [0, 0.1) is 0 Å². The molecule has 0 aliphatic heterocycles. The van der Waals surface area contributed by atoms with Gasteiger partial charge in [0.1, 0.15) is 5.75 Å². The summed E-state index contributed by atoms with van der Waals surface area (Å²) in [7, 11) is 3.18. The van der Waals surface area contributed by atoms with Crippen molar-refractivity contribution in [1.29, 1.82) is 0 Å². The molecule has 2 aromatic rings. The van der Waals surface area contributed by atoms with E-state index in [0.717, 1.165) is 17.4 Å². The van der Waals surface area contributed by atoms with Crippen molar-refractivity contribution >= 4 is 5.91 Å². The highest BCUT2D eigenvalue weighted by Gasteiger charge is 2.33. The van der Waals surface area contributed by atoms with Crippen LogP contribution in [0.15, 0.2) is 48.5 Å². The lowest BCUT2D eigenvalue weighted by molar-refractivity contribution is -0.138. The number of carbonyl (C=O) groups excluding carboxylic acids is 1. The Morgan fingerprint density at radius 1 is 1.12 bits per heavy atom. The van der Waals surface area contributed by atoms with Crippen LogP contribution in [0.1, 0.15) is 16.7 Å². The Labute approximate surface area is 150 Å². The molecule has 0 spiro atoms. The van der Waals surface area contributed by atoms with Crippen molar-refractivity contribution in [2.45, 2.75) is 19.3 Å². The smallest absolute Gasteiger partial charge is 0.416 e. The number of ether oxygens (including phenoxy) is 1. The topological polar surface area (TPSA) is 41.6 Å². The highest BCUT2D eigenvalue weighted by atomic mass is 19.4. The van der Waals surface area contributed by atoms with Crippen LogP contribution in [0.4, 0.5) is 13.2 Å². The number of nitrogens with one attached hydrogen (secondary N) is 1. The molecule has 0 radical (unpaired) electrons. The second kappa shape index (κ2) is 8.71. The number of methoxy groups -OCH3 is 1. The molecule has 1 N–H and O–H groups in total. The van der Waals surface area contributed by atoms with E-state index in [1.54, 1.807) is 37.3 Å². The molecule has 0 saturated heterocycles. The molecule has 1 amide bonds. The average Bonchev–Trinajstić information content (AvgIpc) is 2.60. The van der Waals surface area contributed by atoms with E-state index in [2.05, 4.69) is 5.32 Å². The first-order chi connectivity index (χ1) is 12.3. The van der Waals surface area contributed by atoms with Gasteiger partial charge in [-0.2, -0.15) is 13.2 Å². The van der Waals surface area contributed by atoms with Gasteiger partial charge in [-0.05, 0) is 36.4 Å². The molecule has 4 nitrogen and oxygen atoms in total. The molecule has 0 aromatic heterocycles. The first kappa shape index (κ1) is 19.8. The first-order valence-corrected chi connectivity index (χ1v) is 8.03. The molecule has 7 heteroatoms. The van der Waals surface area contributed by atoms with Crippen LogP contribution in [0.5, 0.6) is 5.75 Å². The molecule has 2 rings (SSSR count). The number of rotatable bonds is 7. The van der Waals surface area contributed by atoms with Crippen LogP contribution in [0.25, 0.3) is 0 Å². The normalized spacial score (nSPS) is 11.5. The van der Waals surface area contributed by atoms with Gasteiger partial charge in [-0.25, -0.2) is 0 Å². The maximum atomic E-state index is 13.0. The number of alkyl halides is 3. The van der Waals surface area contributed by atoms with Gasteiger partial charge in [0.25, 0.3) is 0 Å². The molecule has 0 fully saturated rings. The Kier molecular flexibility index (Phi) is 6.63. The lowest BCUT2D eigenvalue weighted by Gasteiger charge is -2.19. The van der Waals surface area contributed by atoms with Crippen LogP contribution < -0.4 is 10.1 Å². The molecule has 0 bridgehead atoms. The summed E-state index contributed by atoms with van der Waals surface area (Å²) < 4.78 is 44.1. The van der Waals surface area contributed by atoms with Crippen LogP contribution >= 0.6 is 0 Å². The van der Waals surface area contributed by atoms with E-state index in [4.69, 9.17) is 4.74 Å². The van der Waals surface area contributed by atoms with E-state index < -0.39 is 11.7 Å². The molecule has 0 unspecified atom stereocenters. The minimum absolute atomic E-state index is 0.00233. The highest BCUT2D eigenvalue weighted by molar-refractivity contribution is 5.77. The van der Waals surface area contributed by atoms with E-state index in [1.807, 2.05) is 12.1 Å². The van der Waals surface area contributed by atoms with Crippen molar-refractivity contribution in [3.63, 3.8) is 0 Å². The Hall–Kier alpha value is -2.54. The summed E-state index contributed by atoms with van der Waals surface area (Å²) in [5.41, 5.74) is 0.375. The third-order valence-electron chi connectivity index (χ3n) is 3.83. The molecule has 2 aromatic carbocycles. The SMILES string of the molecule is COc1ccc(CNC(=O)CN(C)Cc2ccccc2C(F)(F)F)cc1. The lowest BCUT2D eigenvalue weighted by atomic mass is 10.1. The van der Waals surface area contributed by atoms with E-state index in [1.165, 1.54) is 12.1 Å². The summed E-state index contributed by atoms with van der Waals surface area (Å²) in [5.74, 6) is 0.468. The molecule has 26 heavy (non-hydrogen) atoms. The quantitative estimate of drug-likeness (QED) is 0.816. The van der Waals surface area contributed by atoms with E-state index in [9.17, 15) is 18.0 Å². The zero-order chi connectivity index (χ0) is 19.2. The average molecular weight is 366 g/mol. The molecular formula is C19H21F3N2O2. The van der Waals surface area contributed by atoms with Crippen molar-refractivity contribution in [2.75, 3.05) is 20.7 Å². The second-order valence-corrected chi connectivity index (χ2v) is 5.95. The highest BCUT2D eigenvalue weighted by Crippen LogP contribution is 2.32. The fourth-order valence-corrected chi connectivity index (χ4v) is 2.53. The molecule has 0 aliphatic carbocycles. The minimum atomic E-state index is -4.41.